The van der Waals surface area contributed by atoms with Crippen molar-refractivity contribution in [3.05, 3.63) is 12.7 Å². The molecule has 82 valence electrons. The van der Waals surface area contributed by atoms with Gasteiger partial charge in [-0.1, -0.05) is 6.08 Å². The second kappa shape index (κ2) is 4.30. The molecule has 0 bridgehead atoms. The minimum Gasteiger partial charge on any atom is -0.385 e. The van der Waals surface area contributed by atoms with E-state index in [0.29, 0.717) is 13.0 Å². The van der Waals surface area contributed by atoms with Crippen LogP contribution in [0.3, 0.4) is 0 Å². The zero-order chi connectivity index (χ0) is 10.9. The lowest BCUT2D eigenvalue weighted by atomic mass is 9.78. The van der Waals surface area contributed by atoms with Crippen LogP contribution < -0.4 is 0 Å². The van der Waals surface area contributed by atoms with Crippen molar-refractivity contribution in [3.8, 4) is 5.81 Å². The molecule has 0 radical (unpaired) electrons. The molecule has 1 fully saturated rings. The molecule has 0 aromatic carbocycles. The number of rotatable bonds is 2. The Labute approximate surface area is 91.2 Å². The molecule has 15 heavy (non-hydrogen) atoms. The Kier molecular flexibility index (Phi) is 3.22. The second-order valence-corrected chi connectivity index (χ2v) is 4.55. The van der Waals surface area contributed by atoms with E-state index in [2.05, 4.69) is 12.4 Å². The molecule has 0 amide bonds. The van der Waals surface area contributed by atoms with Crippen LogP contribution in [-0.2, 0) is 14.0 Å². The molecule has 2 rings (SSSR count). The Bertz CT molecular complexity index is 326. The SMILES string of the molecule is BC1OC2CO[PH]#CO[C@H]2[C@]1(O)CC=C. The highest BCUT2D eigenvalue weighted by Crippen LogP contribution is 2.36. The molecule has 0 aromatic rings. The van der Waals surface area contributed by atoms with Crippen molar-refractivity contribution >= 4 is 16.1 Å². The van der Waals surface area contributed by atoms with E-state index in [0.717, 1.165) is 0 Å². The van der Waals surface area contributed by atoms with Gasteiger partial charge in [-0.2, -0.15) is 0 Å². The topological polar surface area (TPSA) is 47.9 Å². The van der Waals surface area contributed by atoms with Crippen LogP contribution in [0.5, 0.6) is 0 Å². The smallest absolute Gasteiger partial charge is 0.143 e. The largest absolute Gasteiger partial charge is 0.385 e. The van der Waals surface area contributed by atoms with Crippen LogP contribution in [0.25, 0.3) is 0 Å². The molecule has 1 N–H and O–H groups in total. The van der Waals surface area contributed by atoms with E-state index in [1.165, 1.54) is 0 Å². The molecule has 1 saturated heterocycles. The first kappa shape index (κ1) is 11.2. The average Bonchev–Trinajstić information content (AvgIpc) is 2.42. The van der Waals surface area contributed by atoms with Gasteiger partial charge in [-0.25, -0.2) is 0 Å². The summed E-state index contributed by atoms with van der Waals surface area (Å²) >= 11 is 0. The minimum atomic E-state index is -1.02. The molecule has 6 heteroatoms. The summed E-state index contributed by atoms with van der Waals surface area (Å²) in [5.74, 6) is 2.68. The maximum Gasteiger partial charge on any atom is 0.143 e. The molecule has 5 atom stereocenters. The summed E-state index contributed by atoms with van der Waals surface area (Å²) in [5.41, 5.74) is -1.02. The Balaban J connectivity index is 2.23. The van der Waals surface area contributed by atoms with Gasteiger partial charge >= 0.3 is 0 Å². The predicted molar refractivity (Wildman–Crippen MR) is 60.0 cm³/mol. The fourth-order valence-electron chi connectivity index (χ4n) is 2.06. The Morgan fingerprint density at radius 3 is 3.27 bits per heavy atom. The van der Waals surface area contributed by atoms with Gasteiger partial charge in [-0.05, 0) is 6.42 Å². The minimum absolute atomic E-state index is 0.0847. The van der Waals surface area contributed by atoms with E-state index < -0.39 is 11.7 Å². The van der Waals surface area contributed by atoms with Crippen LogP contribution in [0.1, 0.15) is 6.42 Å². The van der Waals surface area contributed by atoms with Gasteiger partial charge in [0.15, 0.2) is 0 Å². The average molecular weight is 228 g/mol. The summed E-state index contributed by atoms with van der Waals surface area (Å²) in [6.07, 6.45) is 1.51. The Morgan fingerprint density at radius 2 is 2.53 bits per heavy atom. The van der Waals surface area contributed by atoms with Crippen LogP contribution in [0.2, 0.25) is 0 Å². The molecule has 3 unspecified atom stereocenters. The quantitative estimate of drug-likeness (QED) is 0.396. The molecule has 2 aliphatic rings. The van der Waals surface area contributed by atoms with Crippen LogP contribution in [-0.4, -0.2) is 43.4 Å². The number of hydrogen-bond acceptors (Lipinski definition) is 4. The van der Waals surface area contributed by atoms with E-state index in [1.807, 2.05) is 7.85 Å². The maximum atomic E-state index is 10.5. The summed E-state index contributed by atoms with van der Waals surface area (Å²) in [7, 11) is 1.92. The highest BCUT2D eigenvalue weighted by molar-refractivity contribution is 7.20. The molecular formula is C9H14BO4P. The lowest BCUT2D eigenvalue weighted by Crippen LogP contribution is -2.49. The van der Waals surface area contributed by atoms with Gasteiger partial charge in [-0.15, -0.1) is 6.58 Å². The molecular weight excluding hydrogens is 214 g/mol. The van der Waals surface area contributed by atoms with E-state index in [1.54, 1.807) is 6.08 Å². The lowest BCUT2D eigenvalue weighted by molar-refractivity contribution is -0.0540. The van der Waals surface area contributed by atoms with Crippen LogP contribution in [0.15, 0.2) is 12.7 Å². The standard InChI is InChI=1S/C9H14BO4P/c1-2-3-9(11)7-6(14-8(9)10)4-13-15-5-12-7/h2,6-8,11,15H,1,3-4,10H2/t6?,7-,8?,9-/m1/s1. The van der Waals surface area contributed by atoms with Gasteiger partial charge in [0.2, 0.25) is 0 Å². The first-order valence-electron chi connectivity index (χ1n) is 4.94. The highest BCUT2D eigenvalue weighted by atomic mass is 31.1. The lowest BCUT2D eigenvalue weighted by Gasteiger charge is -2.29. The van der Waals surface area contributed by atoms with Crippen molar-refractivity contribution in [2.24, 2.45) is 0 Å². The first-order chi connectivity index (χ1) is 7.18. The fourth-order valence-corrected chi connectivity index (χ4v) is 2.54. The van der Waals surface area contributed by atoms with Gasteiger partial charge in [-0.3, -0.25) is 4.74 Å². The van der Waals surface area contributed by atoms with Crippen LogP contribution >= 0.6 is 8.26 Å². The summed E-state index contributed by atoms with van der Waals surface area (Å²) < 4.78 is 16.3. The van der Waals surface area contributed by atoms with Crippen molar-refractivity contribution in [2.75, 3.05) is 6.61 Å². The van der Waals surface area contributed by atoms with Gasteiger partial charge in [0, 0.05) is 14.1 Å². The predicted octanol–water partition coefficient (Wildman–Crippen LogP) is -0.423. The third kappa shape index (κ3) is 1.87. The van der Waals surface area contributed by atoms with Gasteiger partial charge < -0.3 is 14.4 Å². The number of ether oxygens (including phenoxy) is 2. The molecule has 0 spiro atoms. The van der Waals surface area contributed by atoms with Crippen molar-refractivity contribution < 1.29 is 19.1 Å². The van der Waals surface area contributed by atoms with Gasteiger partial charge in [0.1, 0.15) is 25.7 Å². The normalized spacial score (nSPS) is 45.3. The molecule has 2 aliphatic heterocycles. The Morgan fingerprint density at radius 1 is 1.73 bits per heavy atom. The third-order valence-electron chi connectivity index (χ3n) is 2.93. The number of aliphatic hydroxyl groups is 1. The van der Waals surface area contributed by atoms with Gasteiger partial charge in [0.05, 0.1) is 12.6 Å². The molecule has 0 aliphatic carbocycles. The fraction of sp³-hybridized carbons (Fsp3) is 0.667. The third-order valence-corrected chi connectivity index (χ3v) is 3.44. The summed E-state index contributed by atoms with van der Waals surface area (Å²) in [6, 6.07) is -0.280. The van der Waals surface area contributed by atoms with E-state index in [-0.39, 0.29) is 20.4 Å². The zero-order valence-corrected chi connectivity index (χ0v) is 9.60. The molecule has 2 heterocycles. The van der Waals surface area contributed by atoms with Crippen molar-refractivity contribution in [1.82, 2.24) is 0 Å². The first-order valence-corrected chi connectivity index (χ1v) is 5.85. The van der Waals surface area contributed by atoms with Crippen LogP contribution in [0.4, 0.5) is 0 Å². The van der Waals surface area contributed by atoms with E-state index in [4.69, 9.17) is 14.0 Å². The van der Waals surface area contributed by atoms with E-state index >= 15 is 0 Å². The molecule has 0 aromatic heterocycles. The second-order valence-electron chi connectivity index (χ2n) is 3.85. The van der Waals surface area contributed by atoms with Gasteiger partial charge in [0.25, 0.3) is 0 Å². The number of hydrogen-bond donors (Lipinski definition) is 1. The zero-order valence-electron chi connectivity index (χ0n) is 8.60. The Hall–Kier alpha value is -0.275. The molecule has 0 saturated carbocycles. The summed E-state index contributed by atoms with van der Waals surface area (Å²) in [6.45, 7) is 4.09. The van der Waals surface area contributed by atoms with E-state index in [9.17, 15) is 5.11 Å². The monoisotopic (exact) mass is 228 g/mol. The summed E-state index contributed by atoms with van der Waals surface area (Å²) in [4.78, 5) is 0. The van der Waals surface area contributed by atoms with Crippen molar-refractivity contribution in [1.29, 1.82) is 0 Å². The molecule has 4 nitrogen and oxygen atoms in total. The van der Waals surface area contributed by atoms with Crippen molar-refractivity contribution in [3.63, 3.8) is 0 Å². The highest BCUT2D eigenvalue weighted by Gasteiger charge is 2.54. The van der Waals surface area contributed by atoms with Crippen molar-refractivity contribution in [2.45, 2.75) is 30.2 Å². The van der Waals surface area contributed by atoms with Crippen LogP contribution in [0, 0.1) is 5.81 Å². The summed E-state index contributed by atoms with van der Waals surface area (Å²) in [5, 5.41) is 10.5. The number of fused-ring (bicyclic) bond motifs is 1. The maximum absolute atomic E-state index is 10.5.